The van der Waals surface area contributed by atoms with Crippen molar-refractivity contribution in [3.05, 3.63) is 83.9 Å². The van der Waals surface area contributed by atoms with E-state index in [-0.39, 0.29) is 11.3 Å². The van der Waals surface area contributed by atoms with E-state index in [0.717, 1.165) is 44.3 Å². The van der Waals surface area contributed by atoms with E-state index in [9.17, 15) is 21.6 Å². The zero-order chi connectivity index (χ0) is 27.1. The van der Waals surface area contributed by atoms with Gasteiger partial charge in [0.05, 0.1) is 16.5 Å². The number of hydrogen-bond donors (Lipinski definition) is 2. The smallest absolute Gasteiger partial charge is 0.475 e. The van der Waals surface area contributed by atoms with Crippen molar-refractivity contribution in [3.63, 3.8) is 0 Å². The Hall–Kier alpha value is -3.18. The second kappa shape index (κ2) is 12.4. The van der Waals surface area contributed by atoms with Gasteiger partial charge in [0.2, 0.25) is 0 Å². The highest BCUT2D eigenvalue weighted by Gasteiger charge is 2.38. The lowest BCUT2D eigenvalue weighted by Crippen LogP contribution is -2.21. The first-order valence-corrected chi connectivity index (χ1v) is 13.4. The molecule has 4 rings (SSSR count). The molecular formula is C26H30F3N3O4S. The molecule has 0 bridgehead atoms. The number of benzene rings is 2. The number of halogens is 3. The van der Waals surface area contributed by atoms with Crippen molar-refractivity contribution >= 4 is 15.8 Å². The number of aromatic nitrogens is 2. The molecule has 1 aromatic heterocycles. The molecule has 1 aliphatic carbocycles. The summed E-state index contributed by atoms with van der Waals surface area (Å²) in [4.78, 5) is 13.4. The van der Waals surface area contributed by atoms with Crippen molar-refractivity contribution in [1.82, 2.24) is 14.9 Å². The number of aliphatic carboxylic acids is 1. The quantitative estimate of drug-likeness (QED) is 0.413. The Labute approximate surface area is 214 Å². The average Bonchev–Trinajstić information content (AvgIpc) is 3.58. The van der Waals surface area contributed by atoms with Crippen LogP contribution in [0.4, 0.5) is 13.2 Å². The van der Waals surface area contributed by atoms with Crippen LogP contribution < -0.4 is 5.32 Å². The van der Waals surface area contributed by atoms with E-state index in [2.05, 4.69) is 46.1 Å². The lowest BCUT2D eigenvalue weighted by molar-refractivity contribution is -0.192. The molecule has 1 fully saturated rings. The van der Waals surface area contributed by atoms with E-state index in [1.807, 2.05) is 24.7 Å². The number of rotatable bonds is 8. The third-order valence-corrected chi connectivity index (χ3v) is 8.50. The largest absolute Gasteiger partial charge is 0.490 e. The van der Waals surface area contributed by atoms with Gasteiger partial charge in [-0.3, -0.25) is 0 Å². The van der Waals surface area contributed by atoms with Crippen molar-refractivity contribution in [2.45, 2.75) is 68.1 Å². The first-order chi connectivity index (χ1) is 17.5. The highest BCUT2D eigenvalue weighted by molar-refractivity contribution is 7.92. The zero-order valence-electron chi connectivity index (χ0n) is 20.4. The minimum absolute atomic E-state index is 0.130. The van der Waals surface area contributed by atoms with Gasteiger partial charge in [0, 0.05) is 31.5 Å². The van der Waals surface area contributed by atoms with Gasteiger partial charge in [-0.25, -0.2) is 18.2 Å². The molecule has 0 amide bonds. The number of carboxylic acid groups (broad SMARTS) is 1. The first-order valence-electron chi connectivity index (χ1n) is 11.9. The van der Waals surface area contributed by atoms with E-state index < -0.39 is 22.0 Å². The maximum Gasteiger partial charge on any atom is 0.490 e. The van der Waals surface area contributed by atoms with Crippen LogP contribution >= 0.6 is 0 Å². The number of alkyl halides is 3. The molecule has 1 unspecified atom stereocenters. The van der Waals surface area contributed by atoms with Gasteiger partial charge < -0.3 is 15.0 Å². The summed E-state index contributed by atoms with van der Waals surface area (Å²) in [7, 11) is -3.19. The van der Waals surface area contributed by atoms with Crippen LogP contribution in [0.1, 0.15) is 55.3 Å². The van der Waals surface area contributed by atoms with Gasteiger partial charge in [0.1, 0.15) is 0 Å². The monoisotopic (exact) mass is 537 g/mol. The second-order valence-electron chi connectivity index (χ2n) is 8.98. The third-order valence-electron chi connectivity index (χ3n) is 6.22. The maximum absolute atomic E-state index is 12.8. The fraction of sp³-hybridized carbons (Fsp3) is 0.385. The standard InChI is InChI=1S/C24H29N3O2S.C2HF3O2/c1-19(22-9-11-24(12-10-22)30(28,29)23-7-2-3-8-23)26-16-20-5-4-6-21(15-20)17-27-14-13-25-18-27;3-2(4,5)1(6)7/h4-6,9-15,18-19,23,26H,2-3,7-8,16-17H2,1H3;(H,6,7). The summed E-state index contributed by atoms with van der Waals surface area (Å²) in [6, 6.07) is 16.1. The van der Waals surface area contributed by atoms with Crippen LogP contribution in [0.5, 0.6) is 0 Å². The van der Waals surface area contributed by atoms with Crippen LogP contribution in [0, 0.1) is 0 Å². The molecule has 0 radical (unpaired) electrons. The molecule has 1 atom stereocenters. The van der Waals surface area contributed by atoms with E-state index in [1.165, 1.54) is 11.1 Å². The number of hydrogen-bond acceptors (Lipinski definition) is 5. The Bertz CT molecular complexity index is 1250. The predicted molar refractivity (Wildman–Crippen MR) is 133 cm³/mol. The molecule has 11 heteroatoms. The highest BCUT2D eigenvalue weighted by atomic mass is 32.2. The van der Waals surface area contributed by atoms with E-state index >= 15 is 0 Å². The Morgan fingerprint density at radius 1 is 1.14 bits per heavy atom. The second-order valence-corrected chi connectivity index (χ2v) is 11.2. The van der Waals surface area contributed by atoms with Gasteiger partial charge in [0.25, 0.3) is 0 Å². The maximum atomic E-state index is 12.8. The minimum Gasteiger partial charge on any atom is -0.475 e. The Kier molecular flexibility index (Phi) is 9.50. The molecule has 200 valence electrons. The van der Waals surface area contributed by atoms with Crippen molar-refractivity contribution in [2.75, 3.05) is 0 Å². The van der Waals surface area contributed by atoms with Crippen molar-refractivity contribution in [1.29, 1.82) is 0 Å². The zero-order valence-corrected chi connectivity index (χ0v) is 21.2. The molecular weight excluding hydrogens is 507 g/mol. The first kappa shape index (κ1) is 28.4. The molecule has 0 saturated heterocycles. The Morgan fingerprint density at radius 2 is 1.76 bits per heavy atom. The number of nitrogens with one attached hydrogen (secondary N) is 1. The lowest BCUT2D eigenvalue weighted by atomic mass is 10.1. The van der Waals surface area contributed by atoms with Crippen LogP contribution in [-0.2, 0) is 27.7 Å². The van der Waals surface area contributed by atoms with Gasteiger partial charge in [-0.05, 0) is 48.6 Å². The molecule has 7 nitrogen and oxygen atoms in total. The van der Waals surface area contributed by atoms with Crippen LogP contribution in [0.3, 0.4) is 0 Å². The topological polar surface area (TPSA) is 101 Å². The molecule has 2 N–H and O–H groups in total. The van der Waals surface area contributed by atoms with Gasteiger partial charge in [-0.15, -0.1) is 0 Å². The normalized spacial score (nSPS) is 15.1. The summed E-state index contributed by atoms with van der Waals surface area (Å²) in [6.07, 6.45) is 4.12. The van der Waals surface area contributed by atoms with Gasteiger partial charge in [-0.2, -0.15) is 13.2 Å². The number of nitrogens with zero attached hydrogens (tertiary/aromatic N) is 2. The van der Waals surface area contributed by atoms with Crippen molar-refractivity contribution in [2.24, 2.45) is 0 Å². The minimum atomic E-state index is -5.08. The summed E-state index contributed by atoms with van der Waals surface area (Å²) in [5, 5.41) is 10.5. The summed E-state index contributed by atoms with van der Waals surface area (Å²) < 4.78 is 59.3. The summed E-state index contributed by atoms with van der Waals surface area (Å²) >= 11 is 0. The van der Waals surface area contributed by atoms with Crippen molar-refractivity contribution in [3.8, 4) is 0 Å². The summed E-state index contributed by atoms with van der Waals surface area (Å²) in [6.45, 7) is 3.66. The molecule has 37 heavy (non-hydrogen) atoms. The number of carbonyl (C=O) groups is 1. The molecule has 2 aromatic carbocycles. The molecule has 0 aliphatic heterocycles. The van der Waals surface area contributed by atoms with Crippen LogP contribution in [-0.4, -0.2) is 40.5 Å². The highest BCUT2D eigenvalue weighted by Crippen LogP contribution is 2.30. The Balaban J connectivity index is 0.000000479. The number of sulfone groups is 1. The molecule has 1 saturated carbocycles. The van der Waals surface area contributed by atoms with Gasteiger partial charge in [-0.1, -0.05) is 49.2 Å². The molecule has 1 heterocycles. The molecule has 1 aliphatic rings. The van der Waals surface area contributed by atoms with Gasteiger partial charge >= 0.3 is 12.1 Å². The van der Waals surface area contributed by atoms with E-state index in [0.29, 0.717) is 4.90 Å². The van der Waals surface area contributed by atoms with E-state index in [1.54, 1.807) is 18.3 Å². The molecule has 0 spiro atoms. The summed E-state index contributed by atoms with van der Waals surface area (Å²) in [5.41, 5.74) is 3.55. The van der Waals surface area contributed by atoms with Gasteiger partial charge in [0.15, 0.2) is 9.84 Å². The van der Waals surface area contributed by atoms with Crippen LogP contribution in [0.2, 0.25) is 0 Å². The average molecular weight is 538 g/mol. The fourth-order valence-electron chi connectivity index (χ4n) is 4.16. The lowest BCUT2D eigenvalue weighted by Gasteiger charge is -2.16. The third kappa shape index (κ3) is 8.16. The predicted octanol–water partition coefficient (Wildman–Crippen LogP) is 5.13. The SMILES string of the molecule is CC(NCc1cccc(Cn2ccnc2)c1)c1ccc(S(=O)(=O)C2CCCC2)cc1.O=C(O)C(F)(F)F. The number of imidazole rings is 1. The van der Waals surface area contributed by atoms with Crippen LogP contribution in [0.25, 0.3) is 0 Å². The fourth-order valence-corrected chi connectivity index (χ4v) is 6.01. The Morgan fingerprint density at radius 3 is 2.32 bits per heavy atom. The molecule has 3 aromatic rings. The van der Waals surface area contributed by atoms with Crippen LogP contribution in [0.15, 0.2) is 72.1 Å². The van der Waals surface area contributed by atoms with E-state index in [4.69, 9.17) is 9.90 Å². The van der Waals surface area contributed by atoms with Crippen molar-refractivity contribution < 1.29 is 31.5 Å². The number of carboxylic acids is 1. The summed E-state index contributed by atoms with van der Waals surface area (Å²) in [5.74, 6) is -2.76.